The Morgan fingerprint density at radius 1 is 1.50 bits per heavy atom. The topological polar surface area (TPSA) is 38.7 Å². The van der Waals surface area contributed by atoms with E-state index < -0.39 is 17.0 Å². The molecular weight excluding hydrogens is 251 g/mol. The molecule has 0 aromatic heterocycles. The molecule has 0 amide bonds. The van der Waals surface area contributed by atoms with E-state index in [1.165, 1.54) is 0 Å². The standard InChI is InChI=1S/C11H16Cl2O3/c1-3-5-7-16-10(11(12)13)9(14)8-15-6-4-2/h2-3,9-11,14H,1,5-8H2. The summed E-state index contributed by atoms with van der Waals surface area (Å²) >= 11 is 11.4. The molecule has 0 saturated carbocycles. The van der Waals surface area contributed by atoms with Crippen LogP contribution in [0.3, 0.4) is 0 Å². The van der Waals surface area contributed by atoms with Gasteiger partial charge in [-0.2, -0.15) is 0 Å². The summed E-state index contributed by atoms with van der Waals surface area (Å²) in [6.07, 6.45) is 5.77. The summed E-state index contributed by atoms with van der Waals surface area (Å²) in [5.74, 6) is 2.29. The van der Waals surface area contributed by atoms with Gasteiger partial charge >= 0.3 is 0 Å². The average molecular weight is 267 g/mol. The molecule has 5 heteroatoms. The number of terminal acetylenes is 1. The molecule has 1 N–H and O–H groups in total. The largest absolute Gasteiger partial charge is 0.388 e. The normalized spacial score (nSPS) is 14.4. The number of ether oxygens (including phenoxy) is 2. The van der Waals surface area contributed by atoms with Crippen molar-refractivity contribution in [1.29, 1.82) is 0 Å². The molecule has 0 heterocycles. The first kappa shape index (κ1) is 15.8. The molecule has 0 spiro atoms. The van der Waals surface area contributed by atoms with E-state index in [9.17, 15) is 5.11 Å². The summed E-state index contributed by atoms with van der Waals surface area (Å²) in [6.45, 7) is 4.12. The quantitative estimate of drug-likeness (QED) is 0.299. The van der Waals surface area contributed by atoms with Crippen molar-refractivity contribution in [3.05, 3.63) is 12.7 Å². The predicted octanol–water partition coefficient (Wildman–Crippen LogP) is 1.76. The van der Waals surface area contributed by atoms with Crippen LogP contribution in [0, 0.1) is 12.3 Å². The van der Waals surface area contributed by atoms with Crippen LogP contribution in [0.25, 0.3) is 0 Å². The Morgan fingerprint density at radius 3 is 2.69 bits per heavy atom. The highest BCUT2D eigenvalue weighted by Crippen LogP contribution is 2.16. The van der Waals surface area contributed by atoms with E-state index in [2.05, 4.69) is 12.5 Å². The molecule has 0 aromatic carbocycles. The maximum atomic E-state index is 9.69. The number of rotatable bonds is 9. The highest BCUT2D eigenvalue weighted by Gasteiger charge is 2.26. The number of aliphatic hydroxyl groups excluding tert-OH is 1. The van der Waals surface area contributed by atoms with E-state index in [4.69, 9.17) is 39.1 Å². The van der Waals surface area contributed by atoms with Gasteiger partial charge in [-0.05, 0) is 6.42 Å². The Morgan fingerprint density at radius 2 is 2.19 bits per heavy atom. The Hall–Kier alpha value is -0.240. The predicted molar refractivity (Wildman–Crippen MR) is 65.7 cm³/mol. The van der Waals surface area contributed by atoms with Crippen LogP contribution in [0.15, 0.2) is 12.7 Å². The minimum atomic E-state index is -0.904. The monoisotopic (exact) mass is 266 g/mol. The van der Waals surface area contributed by atoms with Crippen molar-refractivity contribution in [2.24, 2.45) is 0 Å². The van der Waals surface area contributed by atoms with Gasteiger partial charge in [-0.3, -0.25) is 0 Å². The molecule has 0 radical (unpaired) electrons. The molecule has 2 unspecified atom stereocenters. The molecule has 3 nitrogen and oxygen atoms in total. The van der Waals surface area contributed by atoms with Crippen LogP contribution in [-0.4, -0.2) is 42.0 Å². The van der Waals surface area contributed by atoms with Crippen molar-refractivity contribution in [3.8, 4) is 12.3 Å². The van der Waals surface area contributed by atoms with Gasteiger partial charge in [0.1, 0.15) is 23.7 Å². The molecule has 0 aliphatic carbocycles. The van der Waals surface area contributed by atoms with Gasteiger partial charge in [0.2, 0.25) is 0 Å². The molecule has 0 bridgehead atoms. The van der Waals surface area contributed by atoms with Crippen LogP contribution in [-0.2, 0) is 9.47 Å². The zero-order chi connectivity index (χ0) is 12.4. The zero-order valence-electron chi connectivity index (χ0n) is 8.94. The third-order valence-electron chi connectivity index (χ3n) is 1.73. The van der Waals surface area contributed by atoms with Gasteiger partial charge in [0, 0.05) is 0 Å². The second-order valence-corrected chi connectivity index (χ2v) is 4.20. The fourth-order valence-electron chi connectivity index (χ4n) is 0.973. The summed E-state index contributed by atoms with van der Waals surface area (Å²) in [7, 11) is 0. The smallest absolute Gasteiger partial charge is 0.136 e. The number of halogens is 2. The van der Waals surface area contributed by atoms with E-state index in [1.807, 2.05) is 0 Å². The molecule has 92 valence electrons. The molecule has 0 fully saturated rings. The number of alkyl halides is 2. The van der Waals surface area contributed by atoms with E-state index in [-0.39, 0.29) is 13.2 Å². The third kappa shape index (κ3) is 7.10. The lowest BCUT2D eigenvalue weighted by atomic mass is 10.2. The van der Waals surface area contributed by atoms with Crippen LogP contribution in [0.2, 0.25) is 0 Å². The zero-order valence-corrected chi connectivity index (χ0v) is 10.5. The Labute approximate surface area is 106 Å². The van der Waals surface area contributed by atoms with Gasteiger partial charge in [-0.15, -0.1) is 36.2 Å². The molecule has 0 saturated heterocycles. The van der Waals surface area contributed by atoms with Crippen molar-refractivity contribution in [2.45, 2.75) is 23.5 Å². The van der Waals surface area contributed by atoms with Crippen molar-refractivity contribution in [2.75, 3.05) is 19.8 Å². The van der Waals surface area contributed by atoms with Crippen molar-refractivity contribution < 1.29 is 14.6 Å². The van der Waals surface area contributed by atoms with E-state index >= 15 is 0 Å². The maximum Gasteiger partial charge on any atom is 0.136 e. The van der Waals surface area contributed by atoms with E-state index in [0.717, 1.165) is 0 Å². The van der Waals surface area contributed by atoms with Gasteiger partial charge in [0.25, 0.3) is 0 Å². The van der Waals surface area contributed by atoms with Crippen LogP contribution in [0.5, 0.6) is 0 Å². The van der Waals surface area contributed by atoms with Gasteiger partial charge < -0.3 is 14.6 Å². The number of aliphatic hydroxyl groups is 1. The minimum Gasteiger partial charge on any atom is -0.388 e. The van der Waals surface area contributed by atoms with E-state index in [1.54, 1.807) is 6.08 Å². The Balaban J connectivity index is 3.98. The highest BCUT2D eigenvalue weighted by atomic mass is 35.5. The summed E-state index contributed by atoms with van der Waals surface area (Å²) in [5, 5.41) is 9.69. The lowest BCUT2D eigenvalue weighted by molar-refractivity contribution is -0.0609. The van der Waals surface area contributed by atoms with Crippen molar-refractivity contribution in [3.63, 3.8) is 0 Å². The number of hydrogen-bond donors (Lipinski definition) is 1. The molecule has 0 rings (SSSR count). The first-order chi connectivity index (χ1) is 7.63. The van der Waals surface area contributed by atoms with Gasteiger partial charge in [-0.1, -0.05) is 12.0 Å². The summed E-state index contributed by atoms with van der Waals surface area (Å²) < 4.78 is 10.3. The van der Waals surface area contributed by atoms with Crippen LogP contribution >= 0.6 is 23.2 Å². The SMILES string of the molecule is C#CCOCC(O)C(OCCC=C)C(Cl)Cl. The summed E-state index contributed by atoms with van der Waals surface area (Å²) in [4.78, 5) is -0.825. The molecule has 0 aliphatic heterocycles. The molecule has 0 aliphatic rings. The summed E-state index contributed by atoms with van der Waals surface area (Å²) in [5.41, 5.74) is 0. The fraction of sp³-hybridized carbons (Fsp3) is 0.636. The van der Waals surface area contributed by atoms with Gasteiger partial charge in [0.15, 0.2) is 0 Å². The second-order valence-electron chi connectivity index (χ2n) is 3.03. The maximum absolute atomic E-state index is 9.69. The summed E-state index contributed by atoms with van der Waals surface area (Å²) in [6, 6.07) is 0. The second kappa shape index (κ2) is 9.95. The average Bonchev–Trinajstić information content (AvgIpc) is 2.24. The highest BCUT2D eigenvalue weighted by molar-refractivity contribution is 6.44. The lowest BCUT2D eigenvalue weighted by Gasteiger charge is -2.23. The van der Waals surface area contributed by atoms with Gasteiger partial charge in [0.05, 0.1) is 13.2 Å². The molecule has 0 aromatic rings. The molecular formula is C11H16Cl2O3. The fourth-order valence-corrected chi connectivity index (χ4v) is 1.45. The Bertz CT molecular complexity index is 226. The van der Waals surface area contributed by atoms with Crippen LogP contribution in [0.1, 0.15) is 6.42 Å². The van der Waals surface area contributed by atoms with Gasteiger partial charge in [-0.25, -0.2) is 0 Å². The van der Waals surface area contributed by atoms with E-state index in [0.29, 0.717) is 13.0 Å². The van der Waals surface area contributed by atoms with Crippen LogP contribution < -0.4 is 0 Å². The van der Waals surface area contributed by atoms with Crippen molar-refractivity contribution in [1.82, 2.24) is 0 Å². The van der Waals surface area contributed by atoms with Crippen molar-refractivity contribution >= 4 is 23.2 Å². The first-order valence-electron chi connectivity index (χ1n) is 4.83. The number of hydrogen-bond acceptors (Lipinski definition) is 3. The third-order valence-corrected chi connectivity index (χ3v) is 2.23. The first-order valence-corrected chi connectivity index (χ1v) is 5.70. The lowest BCUT2D eigenvalue weighted by Crippen LogP contribution is -2.38. The Kier molecular flexibility index (Phi) is 9.80. The minimum absolute atomic E-state index is 0.0406. The molecule has 2 atom stereocenters. The molecule has 16 heavy (non-hydrogen) atoms. The van der Waals surface area contributed by atoms with Crippen LogP contribution in [0.4, 0.5) is 0 Å².